The molecule has 0 radical (unpaired) electrons. The molecular weight excluding hydrogens is 301 g/mol. The van der Waals surface area contributed by atoms with Crippen LogP contribution in [0.4, 0.5) is 0 Å². The summed E-state index contributed by atoms with van der Waals surface area (Å²) in [4.78, 5) is 5.77. The highest BCUT2D eigenvalue weighted by Crippen LogP contribution is 2.38. The molecule has 2 unspecified atom stereocenters. The molecule has 2 aliphatic rings. The molecule has 0 saturated carbocycles. The van der Waals surface area contributed by atoms with Crippen molar-refractivity contribution >= 4 is 19.0 Å². The molecule has 22 heavy (non-hydrogen) atoms. The first-order valence-electron chi connectivity index (χ1n) is 7.29. The Labute approximate surface area is 131 Å². The summed E-state index contributed by atoms with van der Waals surface area (Å²) in [5.41, 5.74) is 6.52. The number of hydrogen-bond acceptors (Lipinski definition) is 6. The fraction of sp³-hybridized carbons (Fsp3) is 0.600. The lowest BCUT2D eigenvalue weighted by Crippen LogP contribution is -2.42. The lowest BCUT2D eigenvalue weighted by atomic mass is 10.1. The zero-order valence-corrected chi connectivity index (χ0v) is 14.3. The normalized spacial score (nSPS) is 33.0. The van der Waals surface area contributed by atoms with Gasteiger partial charge in [-0.2, -0.15) is 0 Å². The zero-order valence-electron chi connectivity index (χ0n) is 13.4. The third kappa shape index (κ3) is 3.63. The number of hydrogen-bond donors (Lipinski definition) is 3. The lowest BCUT2D eigenvalue weighted by Gasteiger charge is -2.31. The van der Waals surface area contributed by atoms with E-state index in [0.717, 1.165) is 11.7 Å². The molecule has 6 nitrogen and oxygen atoms in total. The minimum atomic E-state index is -1.20. The Kier molecular flexibility index (Phi) is 4.87. The number of nitrogens with two attached hydrogens (primary N) is 1. The van der Waals surface area contributed by atoms with Crippen molar-refractivity contribution in [3.8, 4) is 0 Å². The highest BCUT2D eigenvalue weighted by Gasteiger charge is 2.45. The fourth-order valence-electron chi connectivity index (χ4n) is 2.53. The van der Waals surface area contributed by atoms with Crippen molar-refractivity contribution in [2.24, 2.45) is 10.7 Å². The number of aliphatic hydroxyl groups is 2. The van der Waals surface area contributed by atoms with Crippen molar-refractivity contribution in [2.75, 3.05) is 19.5 Å². The van der Waals surface area contributed by atoms with Crippen LogP contribution in [0.2, 0.25) is 0 Å². The highest BCUT2D eigenvalue weighted by atomic mass is 31.2. The molecule has 4 atom stereocenters. The maximum absolute atomic E-state index is 10.3. The summed E-state index contributed by atoms with van der Waals surface area (Å²) in [5, 5.41) is 20.5. The summed E-state index contributed by atoms with van der Waals surface area (Å²) in [6.45, 7) is 8.73. The molecule has 2 heterocycles. The van der Waals surface area contributed by atoms with E-state index >= 15 is 0 Å². The first kappa shape index (κ1) is 17.3. The van der Waals surface area contributed by atoms with Gasteiger partial charge in [-0.3, -0.25) is 0 Å². The van der Waals surface area contributed by atoms with Gasteiger partial charge < -0.3 is 25.6 Å². The van der Waals surface area contributed by atoms with E-state index in [-0.39, 0.29) is 0 Å². The quantitative estimate of drug-likeness (QED) is 0.657. The van der Waals surface area contributed by atoms with E-state index in [9.17, 15) is 10.2 Å². The Morgan fingerprint density at radius 2 is 2.05 bits per heavy atom. The van der Waals surface area contributed by atoms with Crippen LogP contribution in [0.25, 0.3) is 0 Å². The van der Waals surface area contributed by atoms with E-state index in [0.29, 0.717) is 18.1 Å². The Balaban J connectivity index is 2.10. The molecule has 0 spiro atoms. The van der Waals surface area contributed by atoms with Gasteiger partial charge in [0.2, 0.25) is 0 Å². The van der Waals surface area contributed by atoms with Gasteiger partial charge in [0.1, 0.15) is 23.9 Å². The number of amidine groups is 1. The van der Waals surface area contributed by atoms with Crippen molar-refractivity contribution in [1.82, 2.24) is 4.90 Å². The van der Waals surface area contributed by atoms with Gasteiger partial charge in [0.05, 0.1) is 6.10 Å². The summed E-state index contributed by atoms with van der Waals surface area (Å²) in [6, 6.07) is 0. The van der Waals surface area contributed by atoms with E-state index in [4.69, 9.17) is 10.5 Å². The summed E-state index contributed by atoms with van der Waals surface area (Å²) in [7, 11) is 0. The molecule has 0 aromatic heterocycles. The molecule has 2 rings (SSSR count). The summed E-state index contributed by atoms with van der Waals surface area (Å²) in [6.07, 6.45) is 4.41. The van der Waals surface area contributed by atoms with Crippen molar-refractivity contribution in [1.29, 1.82) is 0 Å². The topological polar surface area (TPSA) is 91.3 Å². The Bertz CT molecular complexity index is 566. The number of aliphatic imine (C=N–C) groups is 1. The first-order chi connectivity index (χ1) is 10.1. The van der Waals surface area contributed by atoms with Gasteiger partial charge in [-0.05, 0) is 32.8 Å². The van der Waals surface area contributed by atoms with Crippen LogP contribution in [0.1, 0.15) is 13.3 Å². The summed E-state index contributed by atoms with van der Waals surface area (Å²) < 4.78 is 5.88. The van der Waals surface area contributed by atoms with Crippen LogP contribution in [0.5, 0.6) is 0 Å². The fourth-order valence-corrected chi connectivity index (χ4v) is 3.48. The molecule has 2 aliphatic heterocycles. The predicted octanol–water partition coefficient (Wildman–Crippen LogP) is 0.580. The van der Waals surface area contributed by atoms with E-state index in [1.807, 2.05) is 6.92 Å². The van der Waals surface area contributed by atoms with Crippen LogP contribution in [-0.2, 0) is 4.74 Å². The average molecular weight is 327 g/mol. The van der Waals surface area contributed by atoms with E-state index < -0.39 is 31.4 Å². The molecule has 7 heteroatoms. The molecule has 0 bridgehead atoms. The van der Waals surface area contributed by atoms with Gasteiger partial charge in [-0.25, -0.2) is 4.99 Å². The average Bonchev–Trinajstić information content (AvgIpc) is 2.68. The molecular formula is C15H26N3O3P. The van der Waals surface area contributed by atoms with Crippen molar-refractivity contribution in [3.63, 3.8) is 0 Å². The second-order valence-corrected chi connectivity index (χ2v) is 10.9. The first-order valence-corrected chi connectivity index (χ1v) is 10.3. The SMILES string of the molecule is C=C1N=C(N)C(C)=CN1C1OC(CCP(=C)(C)C)[C@@H](O)[C@H]1O. The molecule has 124 valence electrons. The largest absolute Gasteiger partial charge is 0.388 e. The number of rotatable bonds is 4. The van der Waals surface area contributed by atoms with Crippen molar-refractivity contribution in [2.45, 2.75) is 37.9 Å². The number of ether oxygens (including phenoxy) is 1. The third-order valence-corrected chi connectivity index (χ3v) is 5.38. The van der Waals surface area contributed by atoms with Gasteiger partial charge in [0.15, 0.2) is 6.23 Å². The Morgan fingerprint density at radius 1 is 1.41 bits per heavy atom. The van der Waals surface area contributed by atoms with Gasteiger partial charge >= 0.3 is 0 Å². The molecule has 4 N–H and O–H groups in total. The zero-order chi connectivity index (χ0) is 16.7. The maximum Gasteiger partial charge on any atom is 0.164 e. The van der Waals surface area contributed by atoms with Crippen LogP contribution in [-0.4, -0.2) is 71.3 Å². The van der Waals surface area contributed by atoms with E-state index in [1.165, 1.54) is 0 Å². The van der Waals surface area contributed by atoms with Gasteiger partial charge in [-0.15, -0.1) is 13.2 Å². The van der Waals surface area contributed by atoms with Crippen LogP contribution >= 0.6 is 6.89 Å². The van der Waals surface area contributed by atoms with Gasteiger partial charge in [-0.1, -0.05) is 6.58 Å². The van der Waals surface area contributed by atoms with Gasteiger partial charge in [0, 0.05) is 11.8 Å². The predicted molar refractivity (Wildman–Crippen MR) is 92.4 cm³/mol. The highest BCUT2D eigenvalue weighted by molar-refractivity contribution is 7.72. The molecule has 0 aromatic rings. The van der Waals surface area contributed by atoms with Gasteiger partial charge in [0.25, 0.3) is 0 Å². The molecule has 1 fully saturated rings. The van der Waals surface area contributed by atoms with Crippen molar-refractivity contribution in [3.05, 3.63) is 24.2 Å². The maximum atomic E-state index is 10.3. The summed E-state index contributed by atoms with van der Waals surface area (Å²) in [5.74, 6) is 0.791. The molecule has 0 amide bonds. The van der Waals surface area contributed by atoms with Crippen LogP contribution < -0.4 is 5.73 Å². The van der Waals surface area contributed by atoms with E-state index in [2.05, 4.69) is 31.2 Å². The molecule has 1 saturated heterocycles. The van der Waals surface area contributed by atoms with Crippen LogP contribution in [0.15, 0.2) is 29.2 Å². The number of nitrogens with zero attached hydrogens (tertiary/aromatic N) is 2. The number of aliphatic hydroxyl groups excluding tert-OH is 2. The Morgan fingerprint density at radius 3 is 2.64 bits per heavy atom. The second kappa shape index (κ2) is 6.20. The second-order valence-electron chi connectivity index (χ2n) is 6.63. The summed E-state index contributed by atoms with van der Waals surface area (Å²) >= 11 is 0. The van der Waals surface area contributed by atoms with Crippen molar-refractivity contribution < 1.29 is 14.9 Å². The third-order valence-electron chi connectivity index (χ3n) is 3.91. The minimum absolute atomic E-state index is 0.394. The van der Waals surface area contributed by atoms with Crippen LogP contribution in [0.3, 0.4) is 0 Å². The minimum Gasteiger partial charge on any atom is -0.388 e. The standard InChI is InChI=1S/C15H26N3O3P/c1-9-8-18(10(2)17-14(9)16)15-13(20)12(19)11(21-15)6-7-22(3,4)5/h8,11-13,15,19-20H,2-3,6-7H2,1,4-5H3,(H2,16,17)/t11?,12-,13-,15?/m1/s1. The monoisotopic (exact) mass is 327 g/mol. The molecule has 0 aromatic carbocycles. The van der Waals surface area contributed by atoms with E-state index in [1.54, 1.807) is 11.1 Å². The Hall–Kier alpha value is -1.07. The lowest BCUT2D eigenvalue weighted by molar-refractivity contribution is -0.0580. The molecule has 0 aliphatic carbocycles. The smallest absolute Gasteiger partial charge is 0.164 e. The van der Waals surface area contributed by atoms with Crippen LogP contribution in [0, 0.1) is 0 Å².